The predicted octanol–water partition coefficient (Wildman–Crippen LogP) is 3.68. The van der Waals surface area contributed by atoms with E-state index < -0.39 is 0 Å². The van der Waals surface area contributed by atoms with E-state index >= 15 is 0 Å². The van der Waals surface area contributed by atoms with Crippen LogP contribution in [0.3, 0.4) is 0 Å². The summed E-state index contributed by atoms with van der Waals surface area (Å²) in [4.78, 5) is 32.8. The zero-order valence-electron chi connectivity index (χ0n) is 22.3. The zero-order chi connectivity index (χ0) is 26.8. The van der Waals surface area contributed by atoms with Crippen molar-refractivity contribution in [1.29, 1.82) is 0 Å². The molecule has 198 valence electrons. The molecule has 10 heteroatoms. The average molecular weight is 515 g/mol. The fourth-order valence-electron chi connectivity index (χ4n) is 5.19. The lowest BCUT2D eigenvalue weighted by Crippen LogP contribution is -2.47. The van der Waals surface area contributed by atoms with Gasteiger partial charge in [0.05, 0.1) is 40.4 Å². The molecule has 4 aromatic rings. The molecule has 2 atom stereocenters. The van der Waals surface area contributed by atoms with Gasteiger partial charge in [0.15, 0.2) is 0 Å². The van der Waals surface area contributed by atoms with Crippen molar-refractivity contribution < 1.29 is 9.59 Å². The van der Waals surface area contributed by atoms with Crippen LogP contribution in [-0.2, 0) is 7.05 Å². The summed E-state index contributed by atoms with van der Waals surface area (Å²) in [5.74, 6) is -0.520. The Morgan fingerprint density at radius 2 is 1.79 bits per heavy atom. The number of hydrogen-bond donors (Lipinski definition) is 2. The number of hydrogen-bond acceptors (Lipinski definition) is 6. The van der Waals surface area contributed by atoms with Crippen molar-refractivity contribution in [2.75, 3.05) is 18.4 Å². The van der Waals surface area contributed by atoms with Crippen LogP contribution in [0, 0.1) is 6.92 Å². The van der Waals surface area contributed by atoms with Crippen molar-refractivity contribution in [2.45, 2.75) is 52.1 Å². The average Bonchev–Trinajstić information content (AvgIpc) is 3.53. The van der Waals surface area contributed by atoms with Crippen molar-refractivity contribution in [2.24, 2.45) is 7.05 Å². The lowest BCUT2D eigenvalue weighted by molar-refractivity contribution is 0.0888. The van der Waals surface area contributed by atoms with Crippen molar-refractivity contribution >= 4 is 23.0 Å². The maximum atomic E-state index is 13.2. The van der Waals surface area contributed by atoms with Gasteiger partial charge in [-0.25, -0.2) is 4.52 Å². The molecule has 1 saturated heterocycles. The number of rotatable bonds is 7. The lowest BCUT2D eigenvalue weighted by atomic mass is 9.98. The molecule has 0 saturated carbocycles. The molecule has 0 bridgehead atoms. The van der Waals surface area contributed by atoms with Crippen molar-refractivity contribution in [1.82, 2.24) is 34.6 Å². The van der Waals surface area contributed by atoms with Crippen LogP contribution < -0.4 is 10.6 Å². The number of piperidine rings is 1. The largest absolute Gasteiger partial charge is 0.351 e. The Bertz CT molecular complexity index is 1460. The number of likely N-dealkylation sites (tertiary alicyclic amines) is 1. The number of nitrogens with zero attached hydrogens (tertiary/aromatic N) is 6. The van der Waals surface area contributed by atoms with Gasteiger partial charge in [-0.1, -0.05) is 12.5 Å². The van der Waals surface area contributed by atoms with Crippen LogP contribution in [0.4, 0.5) is 5.69 Å². The highest BCUT2D eigenvalue weighted by Crippen LogP contribution is 2.23. The van der Waals surface area contributed by atoms with E-state index in [0.29, 0.717) is 46.7 Å². The molecule has 5 heterocycles. The SMILES string of the molecule is Cc1ncc(C(=O)NCCN2C(C)CCCC2C)cc1NC(=O)c1cnn2cc(-c3cnn(C)c3)ccc12. The van der Waals surface area contributed by atoms with Crippen LogP contribution in [0.1, 0.15) is 59.5 Å². The monoisotopic (exact) mass is 514 g/mol. The van der Waals surface area contributed by atoms with Gasteiger partial charge in [-0.3, -0.25) is 24.2 Å². The molecule has 0 spiro atoms. The van der Waals surface area contributed by atoms with Crippen LogP contribution in [0.5, 0.6) is 0 Å². The number of pyridine rings is 2. The molecule has 0 aromatic carbocycles. The third kappa shape index (κ3) is 5.31. The molecule has 10 nitrogen and oxygen atoms in total. The Kier molecular flexibility index (Phi) is 7.24. The van der Waals surface area contributed by atoms with E-state index in [0.717, 1.165) is 17.7 Å². The minimum absolute atomic E-state index is 0.204. The van der Waals surface area contributed by atoms with Gasteiger partial charge in [0, 0.05) is 61.9 Å². The highest BCUT2D eigenvalue weighted by atomic mass is 16.2. The topological polar surface area (TPSA) is 109 Å². The molecule has 38 heavy (non-hydrogen) atoms. The smallest absolute Gasteiger partial charge is 0.259 e. The maximum Gasteiger partial charge on any atom is 0.259 e. The first-order valence-electron chi connectivity index (χ1n) is 13.1. The first-order valence-corrected chi connectivity index (χ1v) is 13.1. The Morgan fingerprint density at radius 3 is 2.53 bits per heavy atom. The van der Waals surface area contributed by atoms with E-state index in [-0.39, 0.29) is 11.8 Å². The van der Waals surface area contributed by atoms with Crippen molar-refractivity contribution in [3.8, 4) is 11.1 Å². The number of carbonyl (C=O) groups is 2. The van der Waals surface area contributed by atoms with Crippen molar-refractivity contribution in [3.05, 3.63) is 66.0 Å². The summed E-state index contributed by atoms with van der Waals surface area (Å²) in [5.41, 5.74) is 4.55. The normalized spacial score (nSPS) is 18.0. The second kappa shape index (κ2) is 10.7. The Hall–Kier alpha value is -4.05. The van der Waals surface area contributed by atoms with E-state index in [9.17, 15) is 9.59 Å². The summed E-state index contributed by atoms with van der Waals surface area (Å²) in [5, 5.41) is 14.5. The number of nitrogens with one attached hydrogen (secondary N) is 2. The summed E-state index contributed by atoms with van der Waals surface area (Å²) in [6, 6.07) is 6.53. The molecule has 0 radical (unpaired) electrons. The van der Waals surface area contributed by atoms with E-state index in [1.54, 1.807) is 40.8 Å². The second-order valence-corrected chi connectivity index (χ2v) is 10.1. The van der Waals surface area contributed by atoms with Crippen LogP contribution in [0.2, 0.25) is 0 Å². The van der Waals surface area contributed by atoms with E-state index in [1.807, 2.05) is 31.6 Å². The first-order chi connectivity index (χ1) is 18.3. The highest BCUT2D eigenvalue weighted by Gasteiger charge is 2.24. The minimum atomic E-state index is -0.315. The van der Waals surface area contributed by atoms with Gasteiger partial charge in [0.25, 0.3) is 11.8 Å². The van der Waals surface area contributed by atoms with Gasteiger partial charge < -0.3 is 10.6 Å². The Morgan fingerprint density at radius 1 is 1.00 bits per heavy atom. The number of aryl methyl sites for hydroxylation is 2. The predicted molar refractivity (Wildman–Crippen MR) is 146 cm³/mol. The molecular formula is C28H34N8O2. The van der Waals surface area contributed by atoms with Crippen LogP contribution in [0.15, 0.2) is 49.2 Å². The van der Waals surface area contributed by atoms with E-state index in [2.05, 4.69) is 44.6 Å². The molecule has 2 N–H and O–H groups in total. The number of anilines is 1. The zero-order valence-corrected chi connectivity index (χ0v) is 22.3. The van der Waals surface area contributed by atoms with Gasteiger partial charge >= 0.3 is 0 Å². The summed E-state index contributed by atoms with van der Waals surface area (Å²) >= 11 is 0. The lowest BCUT2D eigenvalue weighted by Gasteiger charge is -2.39. The summed E-state index contributed by atoms with van der Waals surface area (Å²) in [6.07, 6.45) is 12.3. The number of carbonyl (C=O) groups excluding carboxylic acids is 2. The molecule has 5 rings (SSSR count). The molecule has 1 aliphatic rings. The fraction of sp³-hybridized carbons (Fsp3) is 0.393. The second-order valence-electron chi connectivity index (χ2n) is 10.1. The molecule has 0 aliphatic carbocycles. The molecule has 4 aromatic heterocycles. The maximum absolute atomic E-state index is 13.2. The van der Waals surface area contributed by atoms with Gasteiger partial charge in [0.2, 0.25) is 0 Å². The molecule has 2 amide bonds. The fourth-order valence-corrected chi connectivity index (χ4v) is 5.19. The Balaban J connectivity index is 1.26. The quantitative estimate of drug-likeness (QED) is 0.389. The first kappa shape index (κ1) is 25.6. The number of amides is 2. The molecule has 2 unspecified atom stereocenters. The number of fused-ring (bicyclic) bond motifs is 1. The minimum Gasteiger partial charge on any atom is -0.351 e. The highest BCUT2D eigenvalue weighted by molar-refractivity contribution is 6.09. The molecule has 1 fully saturated rings. The summed E-state index contributed by atoms with van der Waals surface area (Å²) < 4.78 is 3.41. The third-order valence-electron chi connectivity index (χ3n) is 7.43. The summed E-state index contributed by atoms with van der Waals surface area (Å²) in [6.45, 7) is 7.67. The standard InChI is InChI=1S/C28H34N8O2/c1-18-6-5-7-19(2)35(18)11-10-29-27(37)22-12-25(20(3)30-13-22)33-28(38)24-15-32-36-17-21(8-9-26(24)36)23-14-31-34(4)16-23/h8-9,12-19H,5-7,10-11H2,1-4H3,(H,29,37)(H,33,38). The third-order valence-corrected chi connectivity index (χ3v) is 7.43. The van der Waals surface area contributed by atoms with Gasteiger partial charge in [-0.05, 0) is 45.7 Å². The van der Waals surface area contributed by atoms with Gasteiger partial charge in [-0.2, -0.15) is 10.2 Å². The van der Waals surface area contributed by atoms with E-state index in [1.165, 1.54) is 19.3 Å². The van der Waals surface area contributed by atoms with Crippen molar-refractivity contribution in [3.63, 3.8) is 0 Å². The number of aromatic nitrogens is 5. The van der Waals surface area contributed by atoms with Crippen LogP contribution in [0.25, 0.3) is 16.6 Å². The Labute approximate surface area is 222 Å². The summed E-state index contributed by atoms with van der Waals surface area (Å²) in [7, 11) is 1.87. The molecule has 1 aliphatic heterocycles. The van der Waals surface area contributed by atoms with Crippen LogP contribution in [-0.4, -0.2) is 66.3 Å². The van der Waals surface area contributed by atoms with Crippen LogP contribution >= 0.6 is 0 Å². The van der Waals surface area contributed by atoms with E-state index in [4.69, 9.17) is 0 Å². The van der Waals surface area contributed by atoms with Gasteiger partial charge in [0.1, 0.15) is 0 Å². The molecular weight excluding hydrogens is 480 g/mol. The van der Waals surface area contributed by atoms with Gasteiger partial charge in [-0.15, -0.1) is 0 Å².